The van der Waals surface area contributed by atoms with Gasteiger partial charge in [0.1, 0.15) is 5.15 Å². The maximum Gasteiger partial charge on any atom is 0.129 e. The number of pyridine rings is 1. The fourth-order valence-corrected chi connectivity index (χ4v) is 1.74. The van der Waals surface area contributed by atoms with Crippen molar-refractivity contribution < 1.29 is 0 Å². The van der Waals surface area contributed by atoms with Gasteiger partial charge in [-0.2, -0.15) is 0 Å². The summed E-state index contributed by atoms with van der Waals surface area (Å²) in [6.07, 6.45) is 1.72. The van der Waals surface area contributed by atoms with Gasteiger partial charge in [-0.05, 0) is 36.8 Å². The zero-order chi connectivity index (χ0) is 11.4. The van der Waals surface area contributed by atoms with E-state index in [1.807, 2.05) is 42.5 Å². The minimum absolute atomic E-state index is 0.211. The van der Waals surface area contributed by atoms with Gasteiger partial charge in [-0.15, -0.1) is 0 Å². The van der Waals surface area contributed by atoms with E-state index in [1.165, 1.54) is 0 Å². The first-order valence-corrected chi connectivity index (χ1v) is 5.56. The Labute approximate surface area is 100 Å². The maximum atomic E-state index is 5.85. The molecule has 0 bridgehead atoms. The van der Waals surface area contributed by atoms with E-state index in [0.29, 0.717) is 5.15 Å². The summed E-state index contributed by atoms with van der Waals surface area (Å²) in [7, 11) is 0. The molecule has 1 N–H and O–H groups in total. The van der Waals surface area contributed by atoms with Crippen LogP contribution in [-0.2, 0) is 0 Å². The van der Waals surface area contributed by atoms with E-state index in [0.717, 1.165) is 11.3 Å². The van der Waals surface area contributed by atoms with Gasteiger partial charge in [0.25, 0.3) is 0 Å². The molecule has 0 amide bonds. The summed E-state index contributed by atoms with van der Waals surface area (Å²) >= 11 is 5.85. The molecular weight excluding hydrogens is 220 g/mol. The highest BCUT2D eigenvalue weighted by molar-refractivity contribution is 6.29. The Hall–Kier alpha value is -1.54. The zero-order valence-corrected chi connectivity index (χ0v) is 9.78. The number of para-hydroxylation sites is 1. The van der Waals surface area contributed by atoms with Crippen molar-refractivity contribution in [3.05, 3.63) is 59.4 Å². The molecule has 1 heterocycles. The summed E-state index contributed by atoms with van der Waals surface area (Å²) in [6.45, 7) is 2.10. The first-order chi connectivity index (χ1) is 7.75. The molecule has 0 saturated heterocycles. The quantitative estimate of drug-likeness (QED) is 0.812. The third-order valence-corrected chi connectivity index (χ3v) is 2.61. The van der Waals surface area contributed by atoms with Gasteiger partial charge in [-0.1, -0.05) is 29.8 Å². The van der Waals surface area contributed by atoms with Crippen LogP contribution in [0.25, 0.3) is 0 Å². The topological polar surface area (TPSA) is 24.9 Å². The number of hydrogen-bond acceptors (Lipinski definition) is 2. The molecular formula is C13H13ClN2. The molecule has 0 saturated carbocycles. The second-order valence-electron chi connectivity index (χ2n) is 3.64. The lowest BCUT2D eigenvalue weighted by atomic mass is 10.1. The monoisotopic (exact) mass is 232 g/mol. The molecule has 3 heteroatoms. The summed E-state index contributed by atoms with van der Waals surface area (Å²) in [5, 5.41) is 3.93. The van der Waals surface area contributed by atoms with Crippen LogP contribution in [0.2, 0.25) is 5.15 Å². The lowest BCUT2D eigenvalue weighted by Crippen LogP contribution is -2.06. The van der Waals surface area contributed by atoms with E-state index in [-0.39, 0.29) is 6.04 Å². The number of rotatable bonds is 3. The van der Waals surface area contributed by atoms with Crippen LogP contribution in [-0.4, -0.2) is 4.98 Å². The van der Waals surface area contributed by atoms with E-state index in [9.17, 15) is 0 Å². The maximum absolute atomic E-state index is 5.85. The minimum Gasteiger partial charge on any atom is -0.379 e. The summed E-state index contributed by atoms with van der Waals surface area (Å²) in [4.78, 5) is 3.97. The second kappa shape index (κ2) is 4.99. The predicted octanol–water partition coefficient (Wildman–Crippen LogP) is 3.91. The van der Waals surface area contributed by atoms with Crippen molar-refractivity contribution in [1.29, 1.82) is 0 Å². The molecule has 1 unspecified atom stereocenters. The first kappa shape index (κ1) is 11.0. The van der Waals surface area contributed by atoms with E-state index in [4.69, 9.17) is 11.6 Å². The van der Waals surface area contributed by atoms with Crippen LogP contribution in [0, 0.1) is 0 Å². The van der Waals surface area contributed by atoms with Crippen LogP contribution in [0.5, 0.6) is 0 Å². The number of anilines is 1. The number of hydrogen-bond donors (Lipinski definition) is 1. The van der Waals surface area contributed by atoms with Crippen molar-refractivity contribution in [3.63, 3.8) is 0 Å². The van der Waals surface area contributed by atoms with Gasteiger partial charge in [-0.3, -0.25) is 0 Å². The van der Waals surface area contributed by atoms with Crippen LogP contribution in [0.1, 0.15) is 18.5 Å². The Morgan fingerprint density at radius 3 is 2.62 bits per heavy atom. The van der Waals surface area contributed by atoms with Crippen molar-refractivity contribution in [2.75, 3.05) is 5.32 Å². The Kier molecular flexibility index (Phi) is 3.42. The molecule has 2 rings (SSSR count). The second-order valence-corrected chi connectivity index (χ2v) is 4.03. The van der Waals surface area contributed by atoms with E-state index < -0.39 is 0 Å². The van der Waals surface area contributed by atoms with Crippen molar-refractivity contribution in [2.45, 2.75) is 13.0 Å². The van der Waals surface area contributed by atoms with Crippen LogP contribution in [0.15, 0.2) is 48.7 Å². The number of benzene rings is 1. The van der Waals surface area contributed by atoms with E-state index in [1.54, 1.807) is 6.20 Å². The van der Waals surface area contributed by atoms with Gasteiger partial charge in [-0.25, -0.2) is 4.98 Å². The molecule has 0 radical (unpaired) electrons. The summed E-state index contributed by atoms with van der Waals surface area (Å²) < 4.78 is 0. The lowest BCUT2D eigenvalue weighted by Gasteiger charge is -2.15. The number of nitrogens with one attached hydrogen (secondary N) is 1. The van der Waals surface area contributed by atoms with Gasteiger partial charge < -0.3 is 5.32 Å². The van der Waals surface area contributed by atoms with Gasteiger partial charge >= 0.3 is 0 Å². The van der Waals surface area contributed by atoms with E-state index >= 15 is 0 Å². The Morgan fingerprint density at radius 1 is 1.19 bits per heavy atom. The molecule has 16 heavy (non-hydrogen) atoms. The largest absolute Gasteiger partial charge is 0.379 e. The summed E-state index contributed by atoms with van der Waals surface area (Å²) in [6, 6.07) is 14.2. The molecule has 0 aliphatic carbocycles. The predicted molar refractivity (Wildman–Crippen MR) is 67.7 cm³/mol. The highest BCUT2D eigenvalue weighted by atomic mass is 35.5. The van der Waals surface area contributed by atoms with Gasteiger partial charge in [0.05, 0.1) is 0 Å². The number of aromatic nitrogens is 1. The molecule has 0 aliphatic rings. The average Bonchev–Trinajstić information content (AvgIpc) is 2.30. The molecule has 0 spiro atoms. The van der Waals surface area contributed by atoms with Crippen molar-refractivity contribution in [3.8, 4) is 0 Å². The Morgan fingerprint density at radius 2 is 1.94 bits per heavy atom. The highest BCUT2D eigenvalue weighted by Crippen LogP contribution is 2.20. The van der Waals surface area contributed by atoms with Gasteiger partial charge in [0.15, 0.2) is 0 Å². The molecule has 0 fully saturated rings. The van der Waals surface area contributed by atoms with Crippen molar-refractivity contribution in [1.82, 2.24) is 4.98 Å². The SMILES string of the molecule is CC(Nc1ccccc1)c1ccnc(Cl)c1. The third kappa shape index (κ3) is 2.74. The zero-order valence-electron chi connectivity index (χ0n) is 9.02. The third-order valence-electron chi connectivity index (χ3n) is 2.41. The molecule has 2 nitrogen and oxygen atoms in total. The standard InChI is InChI=1S/C13H13ClN2/c1-10(11-7-8-15-13(14)9-11)16-12-5-3-2-4-6-12/h2-10,16H,1H3. The summed E-state index contributed by atoms with van der Waals surface area (Å²) in [5.41, 5.74) is 2.23. The molecule has 1 aromatic heterocycles. The Bertz CT molecular complexity index is 456. The van der Waals surface area contributed by atoms with Crippen molar-refractivity contribution in [2.24, 2.45) is 0 Å². The molecule has 2 aromatic rings. The minimum atomic E-state index is 0.211. The van der Waals surface area contributed by atoms with Crippen LogP contribution < -0.4 is 5.32 Å². The summed E-state index contributed by atoms with van der Waals surface area (Å²) in [5.74, 6) is 0. The van der Waals surface area contributed by atoms with Gasteiger partial charge in [0.2, 0.25) is 0 Å². The highest BCUT2D eigenvalue weighted by Gasteiger charge is 2.05. The molecule has 0 aliphatic heterocycles. The lowest BCUT2D eigenvalue weighted by molar-refractivity contribution is 0.881. The average molecular weight is 233 g/mol. The van der Waals surface area contributed by atoms with Gasteiger partial charge in [0, 0.05) is 17.9 Å². The smallest absolute Gasteiger partial charge is 0.129 e. The van der Waals surface area contributed by atoms with Crippen LogP contribution in [0.3, 0.4) is 0 Å². The first-order valence-electron chi connectivity index (χ1n) is 5.19. The number of halogens is 1. The molecule has 1 atom stereocenters. The molecule has 82 valence electrons. The fourth-order valence-electron chi connectivity index (χ4n) is 1.55. The van der Waals surface area contributed by atoms with E-state index in [2.05, 4.69) is 17.2 Å². The van der Waals surface area contributed by atoms with Crippen LogP contribution >= 0.6 is 11.6 Å². The fraction of sp³-hybridized carbons (Fsp3) is 0.154. The molecule has 1 aromatic carbocycles. The Balaban J connectivity index is 2.12. The van der Waals surface area contributed by atoms with Crippen molar-refractivity contribution >= 4 is 17.3 Å². The number of nitrogens with zero attached hydrogens (tertiary/aromatic N) is 1. The van der Waals surface area contributed by atoms with Crippen LogP contribution in [0.4, 0.5) is 5.69 Å². The normalized spacial score (nSPS) is 12.1.